The Morgan fingerprint density at radius 1 is 0.584 bits per heavy atom. The lowest BCUT2D eigenvalue weighted by atomic mass is 9.94. The second-order valence-electron chi connectivity index (χ2n) is 31.3. The average Bonchev–Trinajstić information content (AvgIpc) is 1.67. The normalized spacial score (nSPS) is 24.9. The minimum atomic E-state index is -2.12. The summed E-state index contributed by atoms with van der Waals surface area (Å²) in [6.45, 7) is 5.22. The summed E-state index contributed by atoms with van der Waals surface area (Å²) in [6, 6.07) is -22.6. The third-order valence-electron chi connectivity index (χ3n) is 21.3. The number of hydrogen-bond acceptors (Lipinski definition) is 31. The first-order chi connectivity index (χ1) is 59.0. The van der Waals surface area contributed by atoms with Crippen molar-refractivity contribution in [3.8, 4) is 0 Å². The molecule has 5 saturated heterocycles. The molecule has 51 heteroatoms. The number of carboxylic acids is 1. The SMILES string of the molecule is CNC(=O)CNC(=O)C1CCCN1C(=O)C(C)NC(=O)C1CCCN1C(=O)C(CCCN=C(N)N)NC(=O)C(NC(=O)C(CC(=O)O)NC(=O)C1CCCN1C(=O)C(C)NC(=O)C(CO)NC(=O)C(NC(=O)C(NC(=O)CNC(=O)C(N)Cc1cnc[nH]1)C(C)C)C(C)O[C@H]1O[C@@H](CO)[C@H](O)C(O[C@@H]2O[C@@H](CO)[C@@H](O)C(O)C2NC(C)=O)C1NC(C)=O)C(C)O. The molecule has 5 fully saturated rings. The molecular weight excluding hydrogens is 1660 g/mol. The van der Waals surface area contributed by atoms with Gasteiger partial charge in [0, 0.05) is 65.4 Å². The molecule has 1 aromatic rings. The Morgan fingerprint density at radius 2 is 1.10 bits per heavy atom. The quantitative estimate of drug-likeness (QED) is 0.0164. The number of ether oxygens (including phenoxy) is 4. The van der Waals surface area contributed by atoms with Crippen molar-refractivity contribution in [1.29, 1.82) is 0 Å². The minimum absolute atomic E-state index is 0.0107. The van der Waals surface area contributed by atoms with Gasteiger partial charge in [0.25, 0.3) is 0 Å². The molecule has 16 amide bonds. The van der Waals surface area contributed by atoms with Crippen LogP contribution in [0.2, 0.25) is 0 Å². The molecule has 0 saturated carbocycles. The van der Waals surface area contributed by atoms with Crippen molar-refractivity contribution in [3.63, 3.8) is 0 Å². The topological polar surface area (TPSA) is 774 Å². The van der Waals surface area contributed by atoms with Gasteiger partial charge in [-0.25, -0.2) is 4.98 Å². The summed E-state index contributed by atoms with van der Waals surface area (Å²) in [5, 5.41) is 117. The summed E-state index contributed by atoms with van der Waals surface area (Å²) >= 11 is 0. The highest BCUT2D eigenvalue weighted by molar-refractivity contribution is 6.01. The van der Waals surface area contributed by atoms with Crippen LogP contribution >= 0.6 is 0 Å². The number of aliphatic hydroxyl groups is 7. The van der Waals surface area contributed by atoms with Gasteiger partial charge in [-0.1, -0.05) is 13.8 Å². The van der Waals surface area contributed by atoms with Crippen molar-refractivity contribution in [2.75, 3.05) is 66.1 Å². The molecule has 1 aromatic heterocycles. The van der Waals surface area contributed by atoms with E-state index in [0.29, 0.717) is 12.1 Å². The van der Waals surface area contributed by atoms with Gasteiger partial charge in [-0.3, -0.25) is 86.5 Å². The number of aromatic amines is 1. The summed E-state index contributed by atoms with van der Waals surface area (Å²) in [7, 11) is 1.38. The first kappa shape index (κ1) is 103. The fraction of sp³-hybridized carbons (Fsp3) is 0.716. The molecule has 0 spiro atoms. The van der Waals surface area contributed by atoms with Gasteiger partial charge < -0.3 is 166 Å². The van der Waals surface area contributed by atoms with E-state index in [4.69, 9.17) is 36.1 Å². The molecule has 0 aromatic carbocycles. The molecule has 125 heavy (non-hydrogen) atoms. The number of guanidine groups is 1. The monoisotopic (exact) mass is 1780 g/mol. The molecule has 5 aliphatic heterocycles. The van der Waals surface area contributed by atoms with Crippen molar-refractivity contribution in [2.24, 2.45) is 28.1 Å². The van der Waals surface area contributed by atoms with Crippen LogP contribution in [0.1, 0.15) is 119 Å². The van der Waals surface area contributed by atoms with Crippen molar-refractivity contribution in [1.82, 2.24) is 93.8 Å². The number of imidazole rings is 1. The van der Waals surface area contributed by atoms with Gasteiger partial charge in [0.05, 0.1) is 63.9 Å². The van der Waals surface area contributed by atoms with Crippen molar-refractivity contribution in [3.05, 3.63) is 18.2 Å². The van der Waals surface area contributed by atoms with Crippen molar-refractivity contribution < 1.29 is 141 Å². The molecule has 5 aliphatic rings. The zero-order valence-corrected chi connectivity index (χ0v) is 70.6. The lowest BCUT2D eigenvalue weighted by Crippen LogP contribution is -2.70. The minimum Gasteiger partial charge on any atom is -0.481 e. The van der Waals surface area contributed by atoms with Gasteiger partial charge in [-0.05, 0) is 85.0 Å². The highest BCUT2D eigenvalue weighted by Crippen LogP contribution is 2.32. The third kappa shape index (κ3) is 29.0. The van der Waals surface area contributed by atoms with Crippen LogP contribution in [-0.4, -0.2) is 384 Å². The Labute approximate surface area is 717 Å². The highest BCUT2D eigenvalue weighted by atomic mass is 16.7. The Morgan fingerprint density at radius 3 is 1.63 bits per heavy atom. The zero-order valence-electron chi connectivity index (χ0n) is 70.6. The molecule has 0 aliphatic carbocycles. The molecular formula is C74H120N22O29. The number of carboxylic acid groups (broad SMARTS) is 1. The number of aromatic nitrogens is 2. The maximum Gasteiger partial charge on any atom is 0.305 e. The van der Waals surface area contributed by atoms with E-state index in [1.807, 2.05) is 0 Å². The van der Waals surface area contributed by atoms with Crippen LogP contribution in [0, 0.1) is 5.92 Å². The number of H-pyrrole nitrogens is 1. The number of amides is 16. The smallest absolute Gasteiger partial charge is 0.305 e. The third-order valence-corrected chi connectivity index (χ3v) is 21.3. The number of likely N-dealkylation sites (tertiary alicyclic amines) is 3. The summed E-state index contributed by atoms with van der Waals surface area (Å²) in [5.74, 6) is -18.1. The Balaban J connectivity index is 1.18. The molecule has 18 unspecified atom stereocenters. The number of nitrogens with two attached hydrogens (primary N) is 3. The predicted octanol–water partition coefficient (Wildman–Crippen LogP) is -14.0. The van der Waals surface area contributed by atoms with Crippen LogP contribution in [0.4, 0.5) is 0 Å². The van der Waals surface area contributed by atoms with E-state index in [9.17, 15) is 122 Å². The van der Waals surface area contributed by atoms with Gasteiger partial charge in [-0.2, -0.15) is 0 Å². The molecule has 51 nitrogen and oxygen atoms in total. The molecule has 24 atom stereocenters. The van der Waals surface area contributed by atoms with E-state index in [0.717, 1.165) is 44.4 Å². The fourth-order valence-electron chi connectivity index (χ4n) is 14.7. The van der Waals surface area contributed by atoms with Crippen LogP contribution in [0.25, 0.3) is 0 Å². The second kappa shape index (κ2) is 48.5. The summed E-state index contributed by atoms with van der Waals surface area (Å²) in [4.78, 5) is 247. The standard InChI is InChI=1S/C74H120N22O29/c1-31(2)51(91-49(104)26-81-60(110)39(75)22-38-24-79-30-83-38)66(116)93-53(35(6)122-73-55(87-37(8)102)59(57(108)47(29-99)124-73)125-72-54(86-36(7)101)58(109)56(107)46(28-98)123-72)68(118)90-42(27-97)62(112)84-32(3)69(119)95-20-12-17-45(95)65(115)89-41(23-50(105)106)61(111)92-52(34(5)100)67(117)88-40(14-10-18-80-74(76)77)71(121)96-21-13-16-44(96)64(114)85-33(4)70(120)94-19-11-15-43(94)63(113)82-25-48(103)78-9/h24,30-35,39-47,51-59,72-73,97-100,107-109H,10-23,25-29,75H2,1-9H3,(H,78,103)(H,79,83)(H,81,110)(H,82,113)(H,84,112)(H,85,114)(H,86,101)(H,87,102)(H,88,117)(H,89,115)(H,90,118)(H,91,104)(H,92,111)(H,93,116)(H,105,106)(H4,76,77,80)/t32?,33?,34?,35?,39?,40?,41?,42?,43?,44?,45?,46-,47-,51?,52?,53?,54?,55?,56+,57-,58?,59?,72-,73-/m0/s1. The van der Waals surface area contributed by atoms with E-state index in [2.05, 4.69) is 84.1 Å². The number of aliphatic hydroxyl groups excluding tert-OH is 7. The molecule has 0 bridgehead atoms. The maximum atomic E-state index is 14.9. The summed E-state index contributed by atoms with van der Waals surface area (Å²) < 4.78 is 24.1. The van der Waals surface area contributed by atoms with Crippen LogP contribution in [0.5, 0.6) is 0 Å². The van der Waals surface area contributed by atoms with Gasteiger partial charge in [0.1, 0.15) is 115 Å². The van der Waals surface area contributed by atoms with Crippen LogP contribution in [0.3, 0.4) is 0 Å². The highest BCUT2D eigenvalue weighted by Gasteiger charge is 2.54. The van der Waals surface area contributed by atoms with Crippen LogP contribution in [0.15, 0.2) is 17.5 Å². The Kier molecular flexibility index (Phi) is 39.9. The van der Waals surface area contributed by atoms with Crippen LogP contribution < -0.4 is 86.3 Å². The number of nitrogens with zero attached hydrogens (tertiary/aromatic N) is 5. The summed E-state index contributed by atoms with van der Waals surface area (Å²) in [6.07, 6.45) is -16.0. The van der Waals surface area contributed by atoms with Gasteiger partial charge in [0.2, 0.25) is 94.5 Å². The van der Waals surface area contributed by atoms with E-state index in [1.165, 1.54) is 45.2 Å². The largest absolute Gasteiger partial charge is 0.481 e. The van der Waals surface area contributed by atoms with E-state index in [-0.39, 0.29) is 90.0 Å². The number of aliphatic carboxylic acids is 1. The number of nitrogens with one attached hydrogen (secondary N) is 14. The first-order valence-electron chi connectivity index (χ1n) is 40.8. The van der Waals surface area contributed by atoms with Crippen LogP contribution in [-0.2, 0) is 107 Å². The average molecular weight is 1780 g/mol. The van der Waals surface area contributed by atoms with E-state index in [1.54, 1.807) is 0 Å². The molecule has 0 radical (unpaired) electrons. The van der Waals surface area contributed by atoms with Crippen molar-refractivity contribution in [2.45, 2.75) is 266 Å². The van der Waals surface area contributed by atoms with Crippen molar-refractivity contribution >= 4 is 106 Å². The van der Waals surface area contributed by atoms with Gasteiger partial charge >= 0.3 is 5.97 Å². The Bertz CT molecular complexity index is 3970. The lowest BCUT2D eigenvalue weighted by molar-refractivity contribution is -0.332. The lowest BCUT2D eigenvalue weighted by Gasteiger charge is -2.48. The van der Waals surface area contributed by atoms with E-state index >= 15 is 0 Å². The van der Waals surface area contributed by atoms with Gasteiger partial charge in [-0.15, -0.1) is 0 Å². The number of carbonyl (C=O) groups excluding carboxylic acids is 16. The molecule has 28 N–H and O–H groups in total. The molecule has 6 rings (SSSR count). The predicted molar refractivity (Wildman–Crippen MR) is 427 cm³/mol. The van der Waals surface area contributed by atoms with Gasteiger partial charge in [0.15, 0.2) is 18.5 Å². The molecule has 700 valence electrons. The molecule has 6 heterocycles. The zero-order chi connectivity index (χ0) is 93.1. The van der Waals surface area contributed by atoms with E-state index < -0.39 is 285 Å². The number of hydrogen-bond donors (Lipinski definition) is 25. The second-order valence-corrected chi connectivity index (χ2v) is 31.3. The first-order valence-corrected chi connectivity index (χ1v) is 40.8. The number of carbonyl (C=O) groups is 17. The summed E-state index contributed by atoms with van der Waals surface area (Å²) in [5.41, 5.74) is 17.6. The Hall–Kier alpha value is -11.0. The number of likely N-dealkylation sites (N-methyl/N-ethyl adjacent to an activating group) is 1. The number of rotatable bonds is 44. The fourth-order valence-corrected chi connectivity index (χ4v) is 14.7. The maximum absolute atomic E-state index is 14.9. The number of aliphatic imine (C=N–C) groups is 1.